The Balaban J connectivity index is 2.54. The lowest BCUT2D eigenvalue weighted by molar-refractivity contribution is 1.23. The Morgan fingerprint density at radius 2 is 1.79 bits per heavy atom. The first-order valence-electron chi connectivity index (χ1n) is 4.59. The molecule has 0 atom stereocenters. The first-order valence-corrected chi connectivity index (χ1v) is 6.22. The molecule has 0 fully saturated rings. The molecule has 2 aromatic heterocycles. The summed E-state index contributed by atoms with van der Waals surface area (Å²) in [6, 6.07) is 2.23. The highest BCUT2D eigenvalue weighted by atomic mass is 32.1. The topological polar surface area (TPSA) is 12.9 Å². The molecule has 2 aromatic rings. The number of aromatic nitrogens is 1. The molecule has 0 radical (unpaired) electrons. The minimum atomic E-state index is 1.16. The average molecular weight is 223 g/mol. The third kappa shape index (κ3) is 1.62. The summed E-state index contributed by atoms with van der Waals surface area (Å²) in [5.41, 5.74) is 2.51. The molecule has 0 spiro atoms. The van der Waals surface area contributed by atoms with Crippen molar-refractivity contribution < 1.29 is 0 Å². The van der Waals surface area contributed by atoms with Gasteiger partial charge in [0.2, 0.25) is 0 Å². The van der Waals surface area contributed by atoms with Gasteiger partial charge in [-0.05, 0) is 39.3 Å². The highest BCUT2D eigenvalue weighted by Crippen LogP contribution is 2.35. The van der Waals surface area contributed by atoms with Crippen molar-refractivity contribution in [1.82, 2.24) is 4.98 Å². The predicted molar refractivity (Wildman–Crippen MR) is 64.4 cm³/mol. The summed E-state index contributed by atoms with van der Waals surface area (Å²) >= 11 is 3.63. The zero-order chi connectivity index (χ0) is 10.3. The first-order chi connectivity index (χ1) is 6.58. The fraction of sp³-hybridized carbons (Fsp3) is 0.364. The summed E-state index contributed by atoms with van der Waals surface area (Å²) in [6.07, 6.45) is 0. The Hall–Kier alpha value is -0.670. The Morgan fingerprint density at radius 3 is 2.21 bits per heavy atom. The van der Waals surface area contributed by atoms with Gasteiger partial charge in [0.15, 0.2) is 0 Å². The summed E-state index contributed by atoms with van der Waals surface area (Å²) in [6.45, 7) is 8.51. The van der Waals surface area contributed by atoms with E-state index < -0.39 is 0 Å². The van der Waals surface area contributed by atoms with E-state index in [4.69, 9.17) is 0 Å². The van der Waals surface area contributed by atoms with Crippen LogP contribution in [0.4, 0.5) is 0 Å². The molecule has 2 heterocycles. The number of hydrogen-bond donors (Lipinski definition) is 0. The molecule has 0 unspecified atom stereocenters. The number of aryl methyl sites for hydroxylation is 4. The Morgan fingerprint density at radius 1 is 1.07 bits per heavy atom. The van der Waals surface area contributed by atoms with Crippen LogP contribution in [0.3, 0.4) is 0 Å². The summed E-state index contributed by atoms with van der Waals surface area (Å²) in [4.78, 5) is 8.61. The number of thiophene rings is 1. The molecule has 0 saturated carbocycles. The van der Waals surface area contributed by atoms with Crippen LogP contribution in [0.25, 0.3) is 9.88 Å². The Bertz CT molecular complexity index is 446. The van der Waals surface area contributed by atoms with Gasteiger partial charge in [0.1, 0.15) is 5.01 Å². The van der Waals surface area contributed by atoms with Crippen molar-refractivity contribution in [2.75, 3.05) is 0 Å². The van der Waals surface area contributed by atoms with Crippen molar-refractivity contribution in [3.63, 3.8) is 0 Å². The predicted octanol–water partition coefficient (Wildman–Crippen LogP) is 4.11. The largest absolute Gasteiger partial charge is 0.240 e. The number of hydrogen-bond acceptors (Lipinski definition) is 3. The summed E-state index contributed by atoms with van der Waals surface area (Å²) in [7, 11) is 0. The summed E-state index contributed by atoms with van der Waals surface area (Å²) < 4.78 is 0. The number of rotatable bonds is 1. The van der Waals surface area contributed by atoms with Gasteiger partial charge in [0, 0.05) is 9.75 Å². The van der Waals surface area contributed by atoms with E-state index in [0.717, 1.165) is 5.69 Å². The number of thiazole rings is 1. The zero-order valence-electron chi connectivity index (χ0n) is 8.84. The van der Waals surface area contributed by atoms with E-state index in [1.807, 2.05) is 11.3 Å². The smallest absolute Gasteiger partial charge is 0.134 e. The average Bonchev–Trinajstić information content (AvgIpc) is 2.57. The molecular weight excluding hydrogens is 210 g/mol. The molecule has 0 bridgehead atoms. The van der Waals surface area contributed by atoms with Crippen LogP contribution in [0.15, 0.2) is 6.07 Å². The normalized spacial score (nSPS) is 10.9. The molecular formula is C11H13NS2. The van der Waals surface area contributed by atoms with Crippen LogP contribution < -0.4 is 0 Å². The van der Waals surface area contributed by atoms with Gasteiger partial charge in [-0.2, -0.15) is 0 Å². The van der Waals surface area contributed by atoms with Gasteiger partial charge in [-0.1, -0.05) is 0 Å². The Labute approximate surface area is 92.4 Å². The fourth-order valence-electron chi connectivity index (χ4n) is 1.42. The Kier molecular flexibility index (Phi) is 2.45. The van der Waals surface area contributed by atoms with E-state index in [1.54, 1.807) is 11.3 Å². The molecule has 1 nitrogen and oxygen atoms in total. The van der Waals surface area contributed by atoms with Gasteiger partial charge < -0.3 is 0 Å². The zero-order valence-corrected chi connectivity index (χ0v) is 10.5. The first kappa shape index (κ1) is 9.87. The molecule has 74 valence electrons. The molecule has 0 aliphatic heterocycles. The van der Waals surface area contributed by atoms with Gasteiger partial charge in [0.05, 0.1) is 10.6 Å². The van der Waals surface area contributed by atoms with Crippen molar-refractivity contribution >= 4 is 22.7 Å². The van der Waals surface area contributed by atoms with Crippen LogP contribution in [-0.2, 0) is 0 Å². The summed E-state index contributed by atoms with van der Waals surface area (Å²) in [5.74, 6) is 0. The van der Waals surface area contributed by atoms with Crippen molar-refractivity contribution in [2.24, 2.45) is 0 Å². The molecule has 0 saturated heterocycles. The van der Waals surface area contributed by atoms with Gasteiger partial charge >= 0.3 is 0 Å². The molecule has 3 heteroatoms. The quantitative estimate of drug-likeness (QED) is 0.709. The van der Waals surface area contributed by atoms with Gasteiger partial charge in [-0.15, -0.1) is 22.7 Å². The highest BCUT2D eigenvalue weighted by Gasteiger charge is 2.10. The van der Waals surface area contributed by atoms with Crippen molar-refractivity contribution in [2.45, 2.75) is 27.7 Å². The van der Waals surface area contributed by atoms with Crippen LogP contribution in [0.5, 0.6) is 0 Å². The van der Waals surface area contributed by atoms with Gasteiger partial charge in [-0.3, -0.25) is 0 Å². The maximum atomic E-state index is 4.58. The summed E-state index contributed by atoms with van der Waals surface area (Å²) in [5, 5.41) is 1.18. The van der Waals surface area contributed by atoms with Crippen LogP contribution in [-0.4, -0.2) is 4.98 Å². The monoisotopic (exact) mass is 223 g/mol. The molecule has 0 N–H and O–H groups in total. The molecule has 0 aromatic carbocycles. The van der Waals surface area contributed by atoms with E-state index in [0.29, 0.717) is 0 Å². The lowest BCUT2D eigenvalue weighted by Crippen LogP contribution is -1.75. The second-order valence-electron chi connectivity index (χ2n) is 3.53. The van der Waals surface area contributed by atoms with Crippen molar-refractivity contribution in [3.8, 4) is 9.88 Å². The fourth-order valence-corrected chi connectivity index (χ4v) is 3.50. The lowest BCUT2D eigenvalue weighted by atomic mass is 10.3. The lowest BCUT2D eigenvalue weighted by Gasteiger charge is -1.91. The second kappa shape index (κ2) is 3.48. The maximum Gasteiger partial charge on any atom is 0.134 e. The van der Waals surface area contributed by atoms with E-state index in [2.05, 4.69) is 38.7 Å². The van der Waals surface area contributed by atoms with Crippen LogP contribution in [0.2, 0.25) is 0 Å². The molecule has 0 aliphatic rings. The number of nitrogens with zero attached hydrogens (tertiary/aromatic N) is 1. The van der Waals surface area contributed by atoms with Crippen LogP contribution >= 0.6 is 22.7 Å². The standard InChI is InChI=1S/C11H13NS2/c1-6-5-7(2)13-10(6)11-12-8(3)9(4)14-11/h5H,1-4H3. The molecule has 0 aliphatic carbocycles. The third-order valence-corrected chi connectivity index (χ3v) is 4.64. The second-order valence-corrected chi connectivity index (χ2v) is 5.99. The van der Waals surface area contributed by atoms with Gasteiger partial charge in [0.25, 0.3) is 0 Å². The van der Waals surface area contributed by atoms with Crippen molar-refractivity contribution in [1.29, 1.82) is 0 Å². The van der Waals surface area contributed by atoms with Crippen molar-refractivity contribution in [3.05, 3.63) is 27.1 Å². The van der Waals surface area contributed by atoms with Crippen LogP contribution in [0, 0.1) is 27.7 Å². The minimum Gasteiger partial charge on any atom is -0.240 e. The van der Waals surface area contributed by atoms with E-state index in [1.165, 1.54) is 25.2 Å². The van der Waals surface area contributed by atoms with E-state index >= 15 is 0 Å². The van der Waals surface area contributed by atoms with Crippen LogP contribution in [0.1, 0.15) is 21.0 Å². The van der Waals surface area contributed by atoms with Gasteiger partial charge in [-0.25, -0.2) is 4.98 Å². The maximum absolute atomic E-state index is 4.58. The van der Waals surface area contributed by atoms with E-state index in [-0.39, 0.29) is 0 Å². The van der Waals surface area contributed by atoms with E-state index in [9.17, 15) is 0 Å². The minimum absolute atomic E-state index is 1.16. The highest BCUT2D eigenvalue weighted by molar-refractivity contribution is 7.22. The molecule has 2 rings (SSSR count). The molecule has 0 amide bonds. The SMILES string of the molecule is Cc1cc(C)c(-c2nc(C)c(C)s2)s1. The third-order valence-electron chi connectivity index (χ3n) is 2.26. The molecule has 14 heavy (non-hydrogen) atoms.